The van der Waals surface area contributed by atoms with Gasteiger partial charge < -0.3 is 29.9 Å². The zero-order valence-corrected chi connectivity index (χ0v) is 25.2. The minimum absolute atomic E-state index is 0.0342. The Labute approximate surface area is 260 Å². The minimum atomic E-state index is -0.814. The summed E-state index contributed by atoms with van der Waals surface area (Å²) >= 11 is 0. The molecule has 1 saturated carbocycles. The number of amides is 4. The number of likely N-dealkylation sites (N-methyl/N-ethyl adjacent to an activating group) is 1. The van der Waals surface area contributed by atoms with Crippen molar-refractivity contribution < 1.29 is 37.4 Å². The molecule has 45 heavy (non-hydrogen) atoms. The number of urea groups is 1. The van der Waals surface area contributed by atoms with Gasteiger partial charge in [-0.1, -0.05) is 37.1 Å². The molecule has 4 amide bonds. The summed E-state index contributed by atoms with van der Waals surface area (Å²) in [6.45, 7) is -0.372. The van der Waals surface area contributed by atoms with Crippen LogP contribution in [0.2, 0.25) is 0 Å². The summed E-state index contributed by atoms with van der Waals surface area (Å²) in [6, 6.07) is 15.7. The molecule has 1 aliphatic carbocycles. The number of carbonyl (C=O) groups is 4. The van der Waals surface area contributed by atoms with Gasteiger partial charge in [0.25, 0.3) is 5.91 Å². The molecule has 1 fully saturated rings. The number of para-hydroxylation sites is 2. The van der Waals surface area contributed by atoms with Gasteiger partial charge in [-0.2, -0.15) is 0 Å². The van der Waals surface area contributed by atoms with Gasteiger partial charge in [0.05, 0.1) is 25.8 Å². The summed E-state index contributed by atoms with van der Waals surface area (Å²) < 4.78 is 37.9. The Balaban J connectivity index is 1.43. The van der Waals surface area contributed by atoms with Crippen LogP contribution in [0.1, 0.15) is 31.2 Å². The number of benzene rings is 3. The fraction of sp³-hybridized carbons (Fsp3) is 0.333. The molecule has 0 atom stereocenters. The van der Waals surface area contributed by atoms with Crippen LogP contribution < -0.4 is 25.2 Å². The van der Waals surface area contributed by atoms with Gasteiger partial charge in [-0.15, -0.1) is 0 Å². The molecule has 12 heteroatoms. The predicted octanol–water partition coefficient (Wildman–Crippen LogP) is 5.07. The molecule has 3 aromatic rings. The van der Waals surface area contributed by atoms with Gasteiger partial charge in [0.1, 0.15) is 17.4 Å². The number of rotatable bonds is 12. The van der Waals surface area contributed by atoms with E-state index in [2.05, 4.69) is 15.4 Å². The lowest BCUT2D eigenvalue weighted by Gasteiger charge is -2.28. The van der Waals surface area contributed by atoms with Crippen molar-refractivity contribution in [1.29, 1.82) is 0 Å². The highest BCUT2D eigenvalue weighted by Gasteiger charge is 2.26. The van der Waals surface area contributed by atoms with E-state index in [-0.39, 0.29) is 36.2 Å². The Morgan fingerprint density at radius 1 is 0.911 bits per heavy atom. The average Bonchev–Trinajstić information content (AvgIpc) is 3.54. The van der Waals surface area contributed by atoms with E-state index in [9.17, 15) is 28.0 Å². The maximum atomic E-state index is 13.7. The van der Waals surface area contributed by atoms with Gasteiger partial charge in [0, 0.05) is 31.0 Å². The summed E-state index contributed by atoms with van der Waals surface area (Å²) in [7, 11) is 2.68. The van der Waals surface area contributed by atoms with Crippen LogP contribution in [0, 0.1) is 17.6 Å². The van der Waals surface area contributed by atoms with Crippen LogP contribution in [0.3, 0.4) is 0 Å². The van der Waals surface area contributed by atoms with E-state index in [0.29, 0.717) is 29.5 Å². The number of hydrogen-bond donors (Lipinski definition) is 2. The van der Waals surface area contributed by atoms with Gasteiger partial charge in [-0.05, 0) is 60.7 Å². The van der Waals surface area contributed by atoms with Gasteiger partial charge >= 0.3 is 12.0 Å². The second kappa shape index (κ2) is 15.6. The highest BCUT2D eigenvalue weighted by atomic mass is 19.1. The van der Waals surface area contributed by atoms with Crippen molar-refractivity contribution in [3.8, 4) is 5.75 Å². The van der Waals surface area contributed by atoms with Crippen LogP contribution >= 0.6 is 0 Å². The highest BCUT2D eigenvalue weighted by molar-refractivity contribution is 5.99. The summed E-state index contributed by atoms with van der Waals surface area (Å²) in [5.74, 6) is -2.46. The molecule has 0 spiro atoms. The Morgan fingerprint density at radius 3 is 2.33 bits per heavy atom. The van der Waals surface area contributed by atoms with Crippen molar-refractivity contribution in [2.45, 2.75) is 32.1 Å². The lowest BCUT2D eigenvalue weighted by Crippen LogP contribution is -2.43. The zero-order valence-electron chi connectivity index (χ0n) is 25.2. The second-order valence-corrected chi connectivity index (χ2v) is 10.8. The number of hydrogen-bond acceptors (Lipinski definition) is 6. The van der Waals surface area contributed by atoms with E-state index in [0.717, 1.165) is 42.7 Å². The van der Waals surface area contributed by atoms with Crippen LogP contribution in [0.15, 0.2) is 66.7 Å². The molecular weight excluding hydrogens is 586 g/mol. The monoisotopic (exact) mass is 622 g/mol. The summed E-state index contributed by atoms with van der Waals surface area (Å²) in [4.78, 5) is 53.3. The van der Waals surface area contributed by atoms with Crippen molar-refractivity contribution in [1.82, 2.24) is 5.32 Å². The molecule has 2 N–H and O–H groups in total. The number of methoxy groups -OCH3 is 1. The number of anilines is 3. The maximum absolute atomic E-state index is 13.7. The number of halogens is 2. The van der Waals surface area contributed by atoms with Gasteiger partial charge in [-0.3, -0.25) is 14.4 Å². The first-order chi connectivity index (χ1) is 21.6. The quantitative estimate of drug-likeness (QED) is 0.273. The second-order valence-electron chi connectivity index (χ2n) is 10.8. The first-order valence-corrected chi connectivity index (χ1v) is 14.6. The van der Waals surface area contributed by atoms with Crippen LogP contribution in [0.4, 0.5) is 30.6 Å². The van der Waals surface area contributed by atoms with E-state index in [1.54, 1.807) is 53.4 Å². The molecular formula is C33H36F2N4O6. The summed E-state index contributed by atoms with van der Waals surface area (Å²) in [5.41, 5.74) is 1.56. The molecule has 0 bridgehead atoms. The third kappa shape index (κ3) is 9.49. The number of ether oxygens (including phenoxy) is 2. The molecule has 0 saturated heterocycles. The molecule has 1 aliphatic rings. The lowest BCUT2D eigenvalue weighted by atomic mass is 10.1. The third-order valence-electron chi connectivity index (χ3n) is 7.49. The molecule has 10 nitrogen and oxygen atoms in total. The van der Waals surface area contributed by atoms with Crippen molar-refractivity contribution in [3.63, 3.8) is 0 Å². The standard InChI is InChI=1S/C33H36F2N4O6/c1-38(27-17-24(34)16-25(35)18-27)31(41)21-45-29-13-6-5-12-28(29)39(20-22-8-3-4-9-22)30(40)19-36-33(43)37-26-11-7-10-23(14-26)15-32(42)44-2/h5-7,10-14,16-18,22H,3-4,8-9,15,19-21H2,1-2H3,(H2,36,37,43). The smallest absolute Gasteiger partial charge is 0.319 e. The number of nitrogens with one attached hydrogen (secondary N) is 2. The normalized spacial score (nSPS) is 12.7. The summed E-state index contributed by atoms with van der Waals surface area (Å²) in [6.07, 6.45) is 4.07. The molecule has 3 aromatic carbocycles. The van der Waals surface area contributed by atoms with Crippen LogP contribution in [0.5, 0.6) is 5.75 Å². The largest absolute Gasteiger partial charge is 0.482 e. The Morgan fingerprint density at radius 2 is 1.62 bits per heavy atom. The molecule has 0 aromatic heterocycles. The minimum Gasteiger partial charge on any atom is -0.482 e. The molecule has 0 heterocycles. The van der Waals surface area contributed by atoms with Crippen molar-refractivity contribution >= 4 is 40.9 Å². The maximum Gasteiger partial charge on any atom is 0.319 e. The van der Waals surface area contributed by atoms with Crippen LogP contribution in [0.25, 0.3) is 0 Å². The van der Waals surface area contributed by atoms with E-state index >= 15 is 0 Å². The van der Waals surface area contributed by atoms with Crippen molar-refractivity contribution in [2.24, 2.45) is 5.92 Å². The van der Waals surface area contributed by atoms with Gasteiger partial charge in [0.2, 0.25) is 5.91 Å². The number of nitrogens with zero attached hydrogens (tertiary/aromatic N) is 2. The van der Waals surface area contributed by atoms with E-state index in [4.69, 9.17) is 4.74 Å². The highest BCUT2D eigenvalue weighted by Crippen LogP contribution is 2.32. The molecule has 0 radical (unpaired) electrons. The van der Waals surface area contributed by atoms with E-state index in [1.807, 2.05) is 0 Å². The average molecular weight is 623 g/mol. The van der Waals surface area contributed by atoms with Gasteiger partial charge in [-0.25, -0.2) is 13.6 Å². The van der Waals surface area contributed by atoms with Gasteiger partial charge in [0.15, 0.2) is 6.61 Å². The number of esters is 1. The zero-order chi connectivity index (χ0) is 32.3. The van der Waals surface area contributed by atoms with Crippen LogP contribution in [-0.2, 0) is 25.5 Å². The third-order valence-corrected chi connectivity index (χ3v) is 7.49. The van der Waals surface area contributed by atoms with Crippen LogP contribution in [-0.4, -0.2) is 57.7 Å². The SMILES string of the molecule is COC(=O)Cc1cccc(NC(=O)NCC(=O)N(CC2CCCC2)c2ccccc2OCC(=O)N(C)c2cc(F)cc(F)c2)c1. The first-order valence-electron chi connectivity index (χ1n) is 14.6. The molecule has 238 valence electrons. The Bertz CT molecular complexity index is 1510. The summed E-state index contributed by atoms with van der Waals surface area (Å²) in [5, 5.41) is 5.26. The van der Waals surface area contributed by atoms with E-state index < -0.39 is 36.1 Å². The van der Waals surface area contributed by atoms with Crippen molar-refractivity contribution in [3.05, 3.63) is 83.9 Å². The predicted molar refractivity (Wildman–Crippen MR) is 165 cm³/mol. The lowest BCUT2D eigenvalue weighted by molar-refractivity contribution is -0.139. The van der Waals surface area contributed by atoms with E-state index in [1.165, 1.54) is 14.2 Å². The fourth-order valence-corrected chi connectivity index (χ4v) is 5.13. The number of carbonyl (C=O) groups excluding carboxylic acids is 4. The molecule has 4 rings (SSSR count). The fourth-order valence-electron chi connectivity index (χ4n) is 5.13. The Hall–Kier alpha value is -5.00. The Kier molecular flexibility index (Phi) is 11.4. The molecule has 0 unspecified atom stereocenters. The van der Waals surface area contributed by atoms with Crippen molar-refractivity contribution in [2.75, 3.05) is 49.0 Å². The topological polar surface area (TPSA) is 117 Å². The molecule has 0 aliphatic heterocycles. The first kappa shape index (κ1) is 32.9.